The van der Waals surface area contributed by atoms with Crippen molar-refractivity contribution in [3.05, 3.63) is 28.7 Å². The zero-order valence-corrected chi connectivity index (χ0v) is 16.2. The second-order valence-corrected chi connectivity index (χ2v) is 9.62. The van der Waals surface area contributed by atoms with Crippen LogP contribution in [0.25, 0.3) is 6.08 Å². The fraction of sp³-hybridized carbons (Fsp3) is 0.375. The minimum absolute atomic E-state index is 0.0292. The van der Waals surface area contributed by atoms with Gasteiger partial charge in [0.2, 0.25) is 0 Å². The molecule has 1 atom stereocenters. The maximum atomic E-state index is 12.7. The Morgan fingerprint density at radius 1 is 1.32 bits per heavy atom. The van der Waals surface area contributed by atoms with Crippen molar-refractivity contribution in [1.82, 2.24) is 4.90 Å². The summed E-state index contributed by atoms with van der Waals surface area (Å²) in [4.78, 5) is 14.6. The molecule has 0 spiro atoms. The zero-order chi connectivity index (χ0) is 18.2. The summed E-state index contributed by atoms with van der Waals surface area (Å²) in [7, 11) is 0.0165. The number of methoxy groups -OCH3 is 2. The van der Waals surface area contributed by atoms with Gasteiger partial charge in [0.25, 0.3) is 5.91 Å². The number of sulfone groups is 1. The standard InChI is InChI=1S/C16H17NO5S3/c1-21-12-4-3-10(13(8-12)22-2)7-14-15(18)17(16(23)24-14)11-5-6-25(19,20)9-11/h3-4,7-8,11H,5-6,9H2,1-2H3/b14-7+/t11-/m1/s1. The summed E-state index contributed by atoms with van der Waals surface area (Å²) in [6.07, 6.45) is 2.13. The first-order valence-electron chi connectivity index (χ1n) is 7.54. The molecule has 134 valence electrons. The Bertz CT molecular complexity index is 863. The summed E-state index contributed by atoms with van der Waals surface area (Å²) in [6, 6.07) is 4.93. The van der Waals surface area contributed by atoms with Crippen LogP contribution in [0, 0.1) is 0 Å². The Kier molecular flexibility index (Phi) is 5.08. The molecule has 3 rings (SSSR count). The number of amides is 1. The molecule has 2 fully saturated rings. The number of benzene rings is 1. The van der Waals surface area contributed by atoms with Crippen LogP contribution in [0.3, 0.4) is 0 Å². The van der Waals surface area contributed by atoms with Gasteiger partial charge in [-0.2, -0.15) is 0 Å². The van der Waals surface area contributed by atoms with E-state index in [1.165, 1.54) is 16.7 Å². The van der Waals surface area contributed by atoms with E-state index in [9.17, 15) is 13.2 Å². The van der Waals surface area contributed by atoms with E-state index in [-0.39, 0.29) is 23.5 Å². The third kappa shape index (κ3) is 3.68. The van der Waals surface area contributed by atoms with Gasteiger partial charge in [0.1, 0.15) is 15.8 Å². The number of nitrogens with zero attached hydrogens (tertiary/aromatic N) is 1. The Hall–Kier alpha value is -1.58. The SMILES string of the molecule is COc1ccc(/C=C2/SC(=S)N([C@@H]3CCS(=O)(=O)C3)C2=O)c(OC)c1. The normalized spacial score (nSPS) is 24.2. The van der Waals surface area contributed by atoms with Gasteiger partial charge in [-0.05, 0) is 24.6 Å². The molecule has 1 amide bonds. The zero-order valence-electron chi connectivity index (χ0n) is 13.7. The van der Waals surface area contributed by atoms with Gasteiger partial charge in [0, 0.05) is 11.6 Å². The van der Waals surface area contributed by atoms with Gasteiger partial charge in [-0.3, -0.25) is 9.69 Å². The summed E-state index contributed by atoms with van der Waals surface area (Å²) in [5, 5.41) is 0. The number of carbonyl (C=O) groups is 1. The van der Waals surface area contributed by atoms with Gasteiger partial charge in [-0.1, -0.05) is 24.0 Å². The van der Waals surface area contributed by atoms with Gasteiger partial charge in [-0.25, -0.2) is 8.42 Å². The summed E-state index contributed by atoms with van der Waals surface area (Å²) < 4.78 is 34.3. The number of thioether (sulfide) groups is 1. The fourth-order valence-corrected chi connectivity index (χ4v) is 5.94. The van der Waals surface area contributed by atoms with Crippen LogP contribution in [0.1, 0.15) is 12.0 Å². The predicted molar refractivity (Wildman–Crippen MR) is 102 cm³/mol. The highest BCUT2D eigenvalue weighted by Gasteiger charge is 2.42. The summed E-state index contributed by atoms with van der Waals surface area (Å²) in [5.41, 5.74) is 0.725. The lowest BCUT2D eigenvalue weighted by molar-refractivity contribution is -0.123. The first-order valence-corrected chi connectivity index (χ1v) is 10.6. The highest BCUT2D eigenvalue weighted by Crippen LogP contribution is 2.37. The van der Waals surface area contributed by atoms with Gasteiger partial charge >= 0.3 is 0 Å². The van der Waals surface area contributed by atoms with Crippen molar-refractivity contribution in [2.45, 2.75) is 12.5 Å². The molecule has 6 nitrogen and oxygen atoms in total. The molecule has 0 aliphatic carbocycles. The molecule has 1 aromatic rings. The van der Waals surface area contributed by atoms with E-state index in [1.807, 2.05) is 0 Å². The van der Waals surface area contributed by atoms with E-state index >= 15 is 0 Å². The molecule has 1 aromatic carbocycles. The number of carbonyl (C=O) groups excluding carboxylic acids is 1. The average Bonchev–Trinajstić information content (AvgIpc) is 3.06. The minimum atomic E-state index is -3.09. The van der Waals surface area contributed by atoms with Crippen molar-refractivity contribution in [1.29, 1.82) is 0 Å². The summed E-state index contributed by atoms with van der Waals surface area (Å²) in [5.74, 6) is 1.04. The highest BCUT2D eigenvalue weighted by molar-refractivity contribution is 8.26. The number of thiocarbonyl (C=S) groups is 1. The smallest absolute Gasteiger partial charge is 0.266 e. The second kappa shape index (κ2) is 6.97. The lowest BCUT2D eigenvalue weighted by atomic mass is 10.1. The van der Waals surface area contributed by atoms with Gasteiger partial charge in [0.15, 0.2) is 9.84 Å². The van der Waals surface area contributed by atoms with Crippen molar-refractivity contribution < 1.29 is 22.7 Å². The van der Waals surface area contributed by atoms with Crippen molar-refractivity contribution >= 4 is 50.1 Å². The number of hydrogen-bond donors (Lipinski definition) is 0. The Morgan fingerprint density at radius 3 is 2.68 bits per heavy atom. The molecule has 0 aromatic heterocycles. The third-order valence-electron chi connectivity index (χ3n) is 4.12. The van der Waals surface area contributed by atoms with E-state index in [1.54, 1.807) is 38.5 Å². The quantitative estimate of drug-likeness (QED) is 0.567. The topological polar surface area (TPSA) is 72.9 Å². The molecule has 0 bridgehead atoms. The van der Waals surface area contributed by atoms with Crippen LogP contribution in [0.4, 0.5) is 0 Å². The minimum Gasteiger partial charge on any atom is -0.497 e. The highest BCUT2D eigenvalue weighted by atomic mass is 32.2. The largest absolute Gasteiger partial charge is 0.497 e. The van der Waals surface area contributed by atoms with Crippen LogP contribution < -0.4 is 9.47 Å². The lowest BCUT2D eigenvalue weighted by Crippen LogP contribution is -2.39. The molecule has 0 radical (unpaired) electrons. The van der Waals surface area contributed by atoms with Crippen LogP contribution in [-0.4, -0.2) is 55.3 Å². The van der Waals surface area contributed by atoms with Gasteiger partial charge in [0.05, 0.1) is 36.7 Å². The molecule has 0 saturated carbocycles. The monoisotopic (exact) mass is 399 g/mol. The summed E-state index contributed by atoms with van der Waals surface area (Å²) in [6.45, 7) is 0. The van der Waals surface area contributed by atoms with E-state index in [0.717, 1.165) is 5.56 Å². The molecular formula is C16H17NO5S3. The molecule has 2 aliphatic heterocycles. The van der Waals surface area contributed by atoms with Crippen LogP contribution in [0.5, 0.6) is 11.5 Å². The van der Waals surface area contributed by atoms with E-state index in [2.05, 4.69) is 0 Å². The first kappa shape index (κ1) is 18.2. The molecule has 0 unspecified atom stereocenters. The number of ether oxygens (including phenoxy) is 2. The lowest BCUT2D eigenvalue weighted by Gasteiger charge is -2.20. The molecule has 0 N–H and O–H groups in total. The number of rotatable bonds is 4. The molecule has 25 heavy (non-hydrogen) atoms. The van der Waals surface area contributed by atoms with Crippen molar-refractivity contribution in [3.63, 3.8) is 0 Å². The van der Waals surface area contributed by atoms with Crippen molar-refractivity contribution in [2.75, 3.05) is 25.7 Å². The third-order valence-corrected chi connectivity index (χ3v) is 7.21. The van der Waals surface area contributed by atoms with Crippen LogP contribution in [0.15, 0.2) is 23.1 Å². The summed E-state index contributed by atoms with van der Waals surface area (Å²) >= 11 is 6.48. The van der Waals surface area contributed by atoms with Crippen LogP contribution >= 0.6 is 24.0 Å². The predicted octanol–water partition coefficient (Wildman–Crippen LogP) is 2.09. The van der Waals surface area contributed by atoms with Gasteiger partial charge < -0.3 is 9.47 Å². The average molecular weight is 400 g/mol. The Morgan fingerprint density at radius 2 is 2.08 bits per heavy atom. The second-order valence-electron chi connectivity index (χ2n) is 5.72. The van der Waals surface area contributed by atoms with E-state index in [4.69, 9.17) is 21.7 Å². The maximum Gasteiger partial charge on any atom is 0.266 e. The van der Waals surface area contributed by atoms with Gasteiger partial charge in [-0.15, -0.1) is 0 Å². The van der Waals surface area contributed by atoms with Crippen molar-refractivity contribution in [3.8, 4) is 11.5 Å². The van der Waals surface area contributed by atoms with E-state index < -0.39 is 9.84 Å². The van der Waals surface area contributed by atoms with Crippen LogP contribution in [0.2, 0.25) is 0 Å². The first-order chi connectivity index (χ1) is 11.8. The molecule has 2 heterocycles. The Balaban J connectivity index is 1.88. The Labute approximate surface area is 156 Å². The molecular weight excluding hydrogens is 382 g/mol. The molecule has 2 saturated heterocycles. The van der Waals surface area contributed by atoms with E-state index in [0.29, 0.717) is 27.1 Å². The van der Waals surface area contributed by atoms with Crippen molar-refractivity contribution in [2.24, 2.45) is 0 Å². The maximum absolute atomic E-state index is 12.7. The molecule has 9 heteroatoms. The van der Waals surface area contributed by atoms with Crippen LogP contribution in [-0.2, 0) is 14.6 Å². The molecule has 2 aliphatic rings. The number of hydrogen-bond acceptors (Lipinski definition) is 7. The fourth-order valence-electron chi connectivity index (χ4n) is 2.85.